The summed E-state index contributed by atoms with van der Waals surface area (Å²) in [6, 6.07) is 6.65. The highest BCUT2D eigenvalue weighted by molar-refractivity contribution is 6.06. The number of hydrogen-bond donors (Lipinski definition) is 1. The molecule has 10 nitrogen and oxygen atoms in total. The van der Waals surface area contributed by atoms with Crippen LogP contribution in [-0.4, -0.2) is 68.5 Å². The van der Waals surface area contributed by atoms with Crippen LogP contribution in [0.4, 0.5) is 0 Å². The normalized spacial score (nSPS) is 29.8. The van der Waals surface area contributed by atoms with E-state index < -0.39 is 12.2 Å². The Bertz CT molecular complexity index is 951. The molecule has 1 aliphatic carbocycles. The lowest BCUT2D eigenvalue weighted by Crippen LogP contribution is -2.66. The molecule has 0 bridgehead atoms. The molecule has 2 unspecified atom stereocenters. The first-order chi connectivity index (χ1) is 14.1. The van der Waals surface area contributed by atoms with Gasteiger partial charge in [-0.15, -0.1) is 0 Å². The highest BCUT2D eigenvalue weighted by Gasteiger charge is 2.57. The number of likely N-dealkylation sites (N-methyl/N-ethyl adjacent to an activating group) is 1. The first kappa shape index (κ1) is 17.8. The molecule has 4 atom stereocenters. The predicted molar refractivity (Wildman–Crippen MR) is 106 cm³/mol. The van der Waals surface area contributed by atoms with Crippen molar-refractivity contribution in [1.82, 2.24) is 14.7 Å². The molecular formula is C19H22N8O2. The van der Waals surface area contributed by atoms with E-state index in [1.54, 1.807) is 34.1 Å². The quantitative estimate of drug-likeness (QED) is 0.479. The molecule has 1 aromatic carbocycles. The highest BCUT2D eigenvalue weighted by atomic mass is 16.3. The zero-order valence-electron chi connectivity index (χ0n) is 16.1. The number of nitrogens with zero attached hydrogens (tertiary/aromatic N) is 8. The Hall–Kier alpha value is -3.26. The Morgan fingerprint density at radius 2 is 2.07 bits per heavy atom. The number of amides is 1. The number of aromatic hydroxyl groups is 1. The van der Waals surface area contributed by atoms with Gasteiger partial charge in [0.05, 0.1) is 12.1 Å². The van der Waals surface area contributed by atoms with Gasteiger partial charge in [-0.25, -0.2) is 9.98 Å². The fraction of sp³-hybridized carbons (Fsp3) is 0.526. The van der Waals surface area contributed by atoms with E-state index >= 15 is 0 Å². The van der Waals surface area contributed by atoms with E-state index in [1.165, 1.54) is 0 Å². The molecule has 4 aliphatic rings. The summed E-state index contributed by atoms with van der Waals surface area (Å²) in [5.74, 6) is 1.04. The first-order valence-corrected chi connectivity index (χ1v) is 9.97. The van der Waals surface area contributed by atoms with Crippen LogP contribution in [0.25, 0.3) is 10.4 Å². The number of guanidine groups is 2. The summed E-state index contributed by atoms with van der Waals surface area (Å²) >= 11 is 0. The molecule has 3 heterocycles. The second-order valence-electron chi connectivity index (χ2n) is 7.76. The molecule has 10 heteroatoms. The van der Waals surface area contributed by atoms with Gasteiger partial charge in [0, 0.05) is 18.0 Å². The van der Waals surface area contributed by atoms with Crippen LogP contribution in [0.3, 0.4) is 0 Å². The number of benzene rings is 1. The largest absolute Gasteiger partial charge is 0.508 e. The minimum Gasteiger partial charge on any atom is -0.508 e. The van der Waals surface area contributed by atoms with Crippen LogP contribution in [0.1, 0.15) is 31.7 Å². The molecule has 150 valence electrons. The van der Waals surface area contributed by atoms with E-state index in [1.807, 2.05) is 6.92 Å². The second kappa shape index (κ2) is 6.66. The molecule has 1 N–H and O–H groups in total. The van der Waals surface area contributed by atoms with Gasteiger partial charge in [0.15, 0.2) is 18.2 Å². The Morgan fingerprint density at radius 3 is 2.79 bits per heavy atom. The SMILES string of the molecule is CCN1C(=O)C2C(N=C(N=[N+]=[N-])N2Cc2ccc(O)cc2)N2C1=N[C@@H]1CCC[C@@H]12. The average molecular weight is 394 g/mol. The van der Waals surface area contributed by atoms with Gasteiger partial charge in [-0.3, -0.25) is 9.69 Å². The summed E-state index contributed by atoms with van der Waals surface area (Å²) in [5.41, 5.74) is 9.96. The molecule has 1 aromatic rings. The standard InChI is InChI=1S/C19H22N8O2/c1-2-25-17(29)15-16(27-14-5-3-4-13(14)21-19(25)27)22-18(23-24-20)26(15)10-11-6-8-12(28)9-7-11/h6-9,13-16,28H,2-5,10H2,1H3/t13-,14+,15?,16?/m1/s1. The Kier molecular flexibility index (Phi) is 4.09. The van der Waals surface area contributed by atoms with Gasteiger partial charge >= 0.3 is 0 Å². The number of rotatable bonds is 3. The van der Waals surface area contributed by atoms with E-state index in [2.05, 4.69) is 19.9 Å². The second-order valence-corrected chi connectivity index (χ2v) is 7.76. The highest BCUT2D eigenvalue weighted by Crippen LogP contribution is 2.40. The van der Waals surface area contributed by atoms with E-state index in [0.29, 0.717) is 19.0 Å². The molecule has 0 radical (unpaired) electrons. The number of aliphatic imine (C=N–C) groups is 2. The van der Waals surface area contributed by atoms with Gasteiger partial charge in [-0.05, 0) is 54.5 Å². The molecule has 0 spiro atoms. The van der Waals surface area contributed by atoms with Crippen LogP contribution >= 0.6 is 0 Å². The summed E-state index contributed by atoms with van der Waals surface area (Å²) in [6.45, 7) is 2.83. The van der Waals surface area contributed by atoms with Crippen LogP contribution in [0, 0.1) is 0 Å². The third-order valence-electron chi connectivity index (χ3n) is 6.22. The summed E-state index contributed by atoms with van der Waals surface area (Å²) in [5, 5.41) is 13.4. The molecule has 1 saturated carbocycles. The molecule has 1 saturated heterocycles. The van der Waals surface area contributed by atoms with Crippen LogP contribution in [0.15, 0.2) is 39.4 Å². The third-order valence-corrected chi connectivity index (χ3v) is 6.22. The Balaban J connectivity index is 1.55. The predicted octanol–water partition coefficient (Wildman–Crippen LogP) is 2.02. The van der Waals surface area contributed by atoms with Crippen molar-refractivity contribution in [3.8, 4) is 5.75 Å². The number of azide groups is 1. The number of carbonyl (C=O) groups excluding carboxylic acids is 1. The number of phenolic OH excluding ortho intramolecular Hbond substituents is 1. The van der Waals surface area contributed by atoms with E-state index in [9.17, 15) is 9.90 Å². The van der Waals surface area contributed by atoms with Crippen molar-refractivity contribution in [3.05, 3.63) is 40.3 Å². The van der Waals surface area contributed by atoms with Gasteiger partial charge in [-0.2, -0.15) is 0 Å². The van der Waals surface area contributed by atoms with Gasteiger partial charge in [-0.1, -0.05) is 12.1 Å². The number of phenols is 1. The molecule has 0 aromatic heterocycles. The maximum absolute atomic E-state index is 13.4. The van der Waals surface area contributed by atoms with Gasteiger partial charge in [0.1, 0.15) is 5.75 Å². The van der Waals surface area contributed by atoms with Crippen molar-refractivity contribution >= 4 is 17.8 Å². The van der Waals surface area contributed by atoms with E-state index in [0.717, 1.165) is 24.8 Å². The van der Waals surface area contributed by atoms with Crippen molar-refractivity contribution in [1.29, 1.82) is 0 Å². The molecule has 29 heavy (non-hydrogen) atoms. The van der Waals surface area contributed by atoms with Crippen molar-refractivity contribution < 1.29 is 9.90 Å². The molecule has 5 rings (SSSR count). The fourth-order valence-electron chi connectivity index (χ4n) is 4.95. The zero-order valence-corrected chi connectivity index (χ0v) is 16.1. The molecule has 2 fully saturated rings. The minimum absolute atomic E-state index is 0.0712. The van der Waals surface area contributed by atoms with Crippen molar-refractivity contribution in [2.75, 3.05) is 6.54 Å². The Morgan fingerprint density at radius 1 is 1.28 bits per heavy atom. The van der Waals surface area contributed by atoms with Crippen LogP contribution in [0.2, 0.25) is 0 Å². The number of carbonyl (C=O) groups is 1. The molecular weight excluding hydrogens is 372 g/mol. The summed E-state index contributed by atoms with van der Waals surface area (Å²) < 4.78 is 0. The topological polar surface area (TPSA) is 120 Å². The van der Waals surface area contributed by atoms with Crippen LogP contribution in [0.5, 0.6) is 5.75 Å². The number of fused-ring (bicyclic) bond motifs is 5. The smallest absolute Gasteiger partial charge is 0.256 e. The summed E-state index contributed by atoms with van der Waals surface area (Å²) in [4.78, 5) is 31.6. The zero-order chi connectivity index (χ0) is 20.1. The monoisotopic (exact) mass is 394 g/mol. The van der Waals surface area contributed by atoms with Crippen LogP contribution < -0.4 is 0 Å². The van der Waals surface area contributed by atoms with E-state index in [4.69, 9.17) is 10.5 Å². The number of hydrogen-bond acceptors (Lipinski definition) is 7. The molecule has 3 aliphatic heterocycles. The minimum atomic E-state index is -0.567. The van der Waals surface area contributed by atoms with Gasteiger partial charge < -0.3 is 14.9 Å². The summed E-state index contributed by atoms with van der Waals surface area (Å²) in [7, 11) is 0. The van der Waals surface area contributed by atoms with Crippen LogP contribution in [-0.2, 0) is 11.3 Å². The van der Waals surface area contributed by atoms with Crippen molar-refractivity contribution in [3.63, 3.8) is 0 Å². The first-order valence-electron chi connectivity index (χ1n) is 9.97. The summed E-state index contributed by atoms with van der Waals surface area (Å²) in [6.07, 6.45) is 2.73. The lowest BCUT2D eigenvalue weighted by Gasteiger charge is -2.45. The average Bonchev–Trinajstić information content (AvgIpc) is 3.38. The lowest BCUT2D eigenvalue weighted by atomic mass is 10.0. The van der Waals surface area contributed by atoms with Crippen molar-refractivity contribution in [2.24, 2.45) is 15.1 Å². The van der Waals surface area contributed by atoms with Gasteiger partial charge in [0.25, 0.3) is 5.91 Å². The van der Waals surface area contributed by atoms with Crippen molar-refractivity contribution in [2.45, 2.75) is 57.0 Å². The lowest BCUT2D eigenvalue weighted by molar-refractivity contribution is -0.136. The Labute approximate surface area is 167 Å². The maximum atomic E-state index is 13.4. The molecule has 1 amide bonds. The van der Waals surface area contributed by atoms with E-state index in [-0.39, 0.29) is 29.7 Å². The van der Waals surface area contributed by atoms with Gasteiger partial charge in [0.2, 0.25) is 5.96 Å². The third kappa shape index (κ3) is 2.63. The maximum Gasteiger partial charge on any atom is 0.256 e. The fourth-order valence-corrected chi connectivity index (χ4v) is 4.95.